The van der Waals surface area contributed by atoms with E-state index in [-0.39, 0.29) is 30.7 Å². The van der Waals surface area contributed by atoms with Gasteiger partial charge in [0, 0.05) is 43.7 Å². The zero-order chi connectivity index (χ0) is 19.7. The molecule has 0 fully saturated rings. The van der Waals surface area contributed by atoms with Crippen molar-refractivity contribution in [2.24, 2.45) is 7.05 Å². The minimum atomic E-state index is -0.281. The molecule has 3 amide bonds. The van der Waals surface area contributed by atoms with Crippen LogP contribution in [0, 0.1) is 0 Å². The predicted molar refractivity (Wildman–Crippen MR) is 106 cm³/mol. The molecule has 0 bridgehead atoms. The van der Waals surface area contributed by atoms with E-state index in [1.807, 2.05) is 42.1 Å². The summed E-state index contributed by atoms with van der Waals surface area (Å²) in [4.78, 5) is 38.1. The third kappa shape index (κ3) is 3.17. The fourth-order valence-corrected chi connectivity index (χ4v) is 3.69. The first kappa shape index (κ1) is 18.0. The maximum atomic E-state index is 12.3. The summed E-state index contributed by atoms with van der Waals surface area (Å²) in [5.74, 6) is -0.655. The second-order valence-corrected chi connectivity index (χ2v) is 6.97. The van der Waals surface area contributed by atoms with Crippen LogP contribution in [-0.4, -0.2) is 33.7 Å². The van der Waals surface area contributed by atoms with Crippen molar-refractivity contribution in [1.82, 2.24) is 14.8 Å². The van der Waals surface area contributed by atoms with Crippen LogP contribution in [-0.2, 0) is 18.4 Å². The molecule has 1 aromatic heterocycles. The van der Waals surface area contributed by atoms with E-state index < -0.39 is 0 Å². The standard InChI is InChI=1S/C22H21N3O3/c1-24-14-15(16-7-4-5-10-19(16)24)13-23-20(26)11-6-12-25-21(27)17-8-2-3-9-18(17)22(25)28/h2-5,7-10,14H,6,11-13H2,1H3,(H,23,26). The molecule has 2 heterocycles. The minimum Gasteiger partial charge on any atom is -0.352 e. The number of carbonyl (C=O) groups is 3. The molecule has 0 spiro atoms. The highest BCUT2D eigenvalue weighted by molar-refractivity contribution is 6.21. The number of nitrogens with zero attached hydrogens (tertiary/aromatic N) is 2. The molecule has 0 atom stereocenters. The lowest BCUT2D eigenvalue weighted by molar-refractivity contribution is -0.121. The molecule has 3 aromatic rings. The average Bonchev–Trinajstić information content (AvgIpc) is 3.16. The van der Waals surface area contributed by atoms with Crippen LogP contribution in [0.3, 0.4) is 0 Å². The van der Waals surface area contributed by atoms with Crippen LogP contribution >= 0.6 is 0 Å². The Bertz CT molecular complexity index is 1050. The van der Waals surface area contributed by atoms with Gasteiger partial charge in [0.05, 0.1) is 11.1 Å². The number of imide groups is 1. The maximum absolute atomic E-state index is 12.3. The average molecular weight is 375 g/mol. The normalized spacial score (nSPS) is 13.2. The van der Waals surface area contributed by atoms with Crippen molar-refractivity contribution < 1.29 is 14.4 Å². The van der Waals surface area contributed by atoms with Crippen LogP contribution in [0.4, 0.5) is 0 Å². The Hall–Kier alpha value is -3.41. The largest absolute Gasteiger partial charge is 0.352 e. The third-order valence-electron chi connectivity index (χ3n) is 5.12. The lowest BCUT2D eigenvalue weighted by atomic mass is 10.1. The Balaban J connectivity index is 1.30. The summed E-state index contributed by atoms with van der Waals surface area (Å²) in [6, 6.07) is 14.9. The summed E-state index contributed by atoms with van der Waals surface area (Å²) < 4.78 is 2.04. The number of hydrogen-bond donors (Lipinski definition) is 1. The summed E-state index contributed by atoms with van der Waals surface area (Å²) in [6.45, 7) is 0.696. The monoisotopic (exact) mass is 375 g/mol. The van der Waals surface area contributed by atoms with E-state index in [1.165, 1.54) is 4.90 Å². The van der Waals surface area contributed by atoms with Crippen LogP contribution in [0.5, 0.6) is 0 Å². The van der Waals surface area contributed by atoms with Gasteiger partial charge in [-0.15, -0.1) is 0 Å². The van der Waals surface area contributed by atoms with Gasteiger partial charge in [-0.25, -0.2) is 0 Å². The fraction of sp³-hybridized carbons (Fsp3) is 0.227. The van der Waals surface area contributed by atoms with Crippen LogP contribution < -0.4 is 5.32 Å². The number of benzene rings is 2. The topological polar surface area (TPSA) is 71.4 Å². The first-order valence-electron chi connectivity index (χ1n) is 9.31. The lowest BCUT2D eigenvalue weighted by Crippen LogP contribution is -2.32. The van der Waals surface area contributed by atoms with E-state index in [9.17, 15) is 14.4 Å². The number of hydrogen-bond acceptors (Lipinski definition) is 3. The minimum absolute atomic E-state index is 0.0930. The second-order valence-electron chi connectivity index (χ2n) is 6.97. The first-order valence-corrected chi connectivity index (χ1v) is 9.31. The molecule has 6 nitrogen and oxygen atoms in total. The van der Waals surface area contributed by atoms with E-state index in [2.05, 4.69) is 5.32 Å². The molecule has 0 aliphatic carbocycles. The van der Waals surface area contributed by atoms with Gasteiger partial charge in [0.25, 0.3) is 11.8 Å². The Morgan fingerprint density at radius 3 is 2.32 bits per heavy atom. The summed E-state index contributed by atoms with van der Waals surface area (Å²) in [5, 5.41) is 4.05. The van der Waals surface area contributed by atoms with Crippen molar-refractivity contribution in [3.8, 4) is 0 Å². The van der Waals surface area contributed by atoms with Gasteiger partial charge in [-0.3, -0.25) is 19.3 Å². The maximum Gasteiger partial charge on any atom is 0.261 e. The summed E-state index contributed by atoms with van der Waals surface area (Å²) in [5.41, 5.74) is 3.06. The number of amides is 3. The van der Waals surface area contributed by atoms with Gasteiger partial charge in [0.1, 0.15) is 0 Å². The second kappa shape index (κ2) is 7.31. The molecule has 1 aliphatic rings. The number of aromatic nitrogens is 1. The predicted octanol–water partition coefficient (Wildman–Crippen LogP) is 2.87. The van der Waals surface area contributed by atoms with Crippen LogP contribution in [0.1, 0.15) is 39.1 Å². The number of aryl methyl sites for hydroxylation is 1. The first-order chi connectivity index (χ1) is 13.6. The molecule has 0 saturated carbocycles. The molecular formula is C22H21N3O3. The Labute approximate surface area is 162 Å². The summed E-state index contributed by atoms with van der Waals surface area (Å²) in [7, 11) is 1.98. The number of para-hydroxylation sites is 1. The van der Waals surface area contributed by atoms with Crippen LogP contribution in [0.2, 0.25) is 0 Å². The molecule has 4 rings (SSSR count). The zero-order valence-corrected chi connectivity index (χ0v) is 15.6. The highest BCUT2D eigenvalue weighted by atomic mass is 16.2. The molecule has 28 heavy (non-hydrogen) atoms. The molecule has 2 aromatic carbocycles. The molecule has 0 radical (unpaired) electrons. The van der Waals surface area contributed by atoms with Gasteiger partial charge in [0.2, 0.25) is 5.91 Å². The quantitative estimate of drug-likeness (QED) is 0.674. The van der Waals surface area contributed by atoms with E-state index in [0.717, 1.165) is 16.5 Å². The Morgan fingerprint density at radius 2 is 1.61 bits per heavy atom. The van der Waals surface area contributed by atoms with E-state index in [1.54, 1.807) is 24.3 Å². The van der Waals surface area contributed by atoms with E-state index in [0.29, 0.717) is 24.1 Å². The van der Waals surface area contributed by atoms with Gasteiger partial charge in [-0.1, -0.05) is 30.3 Å². The van der Waals surface area contributed by atoms with Gasteiger partial charge < -0.3 is 9.88 Å². The number of rotatable bonds is 6. The van der Waals surface area contributed by atoms with Gasteiger partial charge in [-0.05, 0) is 30.2 Å². The highest BCUT2D eigenvalue weighted by Gasteiger charge is 2.34. The van der Waals surface area contributed by atoms with Gasteiger partial charge in [-0.2, -0.15) is 0 Å². The van der Waals surface area contributed by atoms with Crippen molar-refractivity contribution in [1.29, 1.82) is 0 Å². The Morgan fingerprint density at radius 1 is 0.964 bits per heavy atom. The van der Waals surface area contributed by atoms with E-state index in [4.69, 9.17) is 0 Å². The zero-order valence-electron chi connectivity index (χ0n) is 15.6. The number of nitrogens with one attached hydrogen (secondary N) is 1. The van der Waals surface area contributed by atoms with Gasteiger partial charge in [0.15, 0.2) is 0 Å². The van der Waals surface area contributed by atoms with Gasteiger partial charge >= 0.3 is 0 Å². The Kier molecular flexibility index (Phi) is 4.69. The molecule has 6 heteroatoms. The smallest absolute Gasteiger partial charge is 0.261 e. The summed E-state index contributed by atoms with van der Waals surface area (Å²) in [6.07, 6.45) is 2.72. The van der Waals surface area contributed by atoms with Crippen molar-refractivity contribution in [3.05, 3.63) is 71.4 Å². The molecule has 1 aliphatic heterocycles. The third-order valence-corrected chi connectivity index (χ3v) is 5.12. The SMILES string of the molecule is Cn1cc(CNC(=O)CCCN2C(=O)c3ccccc3C2=O)c2ccccc21. The van der Waals surface area contributed by atoms with Crippen molar-refractivity contribution in [2.75, 3.05) is 6.54 Å². The van der Waals surface area contributed by atoms with Crippen LogP contribution in [0.15, 0.2) is 54.7 Å². The van der Waals surface area contributed by atoms with Crippen LogP contribution in [0.25, 0.3) is 10.9 Å². The lowest BCUT2D eigenvalue weighted by Gasteiger charge is -2.13. The van der Waals surface area contributed by atoms with Crippen molar-refractivity contribution in [2.45, 2.75) is 19.4 Å². The van der Waals surface area contributed by atoms with Crippen molar-refractivity contribution in [3.63, 3.8) is 0 Å². The number of carbonyl (C=O) groups excluding carboxylic acids is 3. The highest BCUT2D eigenvalue weighted by Crippen LogP contribution is 2.23. The fourth-order valence-electron chi connectivity index (χ4n) is 3.69. The molecular weight excluding hydrogens is 354 g/mol. The van der Waals surface area contributed by atoms with E-state index >= 15 is 0 Å². The molecule has 0 unspecified atom stereocenters. The molecule has 0 saturated heterocycles. The number of fused-ring (bicyclic) bond motifs is 2. The molecule has 142 valence electrons. The summed E-state index contributed by atoms with van der Waals surface area (Å²) >= 11 is 0. The van der Waals surface area contributed by atoms with Crippen molar-refractivity contribution >= 4 is 28.6 Å². The molecule has 1 N–H and O–H groups in total.